The summed E-state index contributed by atoms with van der Waals surface area (Å²) >= 11 is 6.19. The summed E-state index contributed by atoms with van der Waals surface area (Å²) in [5.74, 6) is -7.05. The van der Waals surface area contributed by atoms with Crippen LogP contribution in [0.3, 0.4) is 0 Å². The Kier molecular flexibility index (Phi) is 7.32. The highest BCUT2D eigenvalue weighted by atomic mass is 35.5. The third-order valence-electron chi connectivity index (χ3n) is 5.90. The van der Waals surface area contributed by atoms with Gasteiger partial charge in [0.25, 0.3) is 5.56 Å². The van der Waals surface area contributed by atoms with Gasteiger partial charge in [0.2, 0.25) is 0 Å². The summed E-state index contributed by atoms with van der Waals surface area (Å²) in [6.07, 6.45) is 0.528. The Morgan fingerprint density at radius 1 is 1.03 bits per heavy atom. The molecule has 0 aliphatic rings. The molecule has 204 valence electrons. The molecule has 0 radical (unpaired) electrons. The van der Waals surface area contributed by atoms with Gasteiger partial charge in [0.05, 0.1) is 23.3 Å². The number of rotatable bonds is 6. The van der Waals surface area contributed by atoms with Crippen molar-refractivity contribution in [3.8, 4) is 17.1 Å². The van der Waals surface area contributed by atoms with Crippen LogP contribution in [0.25, 0.3) is 17.1 Å². The molecule has 0 aliphatic heterocycles. The second kappa shape index (κ2) is 10.1. The van der Waals surface area contributed by atoms with Crippen molar-refractivity contribution in [3.05, 3.63) is 98.2 Å². The predicted molar refractivity (Wildman–Crippen MR) is 134 cm³/mol. The van der Waals surface area contributed by atoms with E-state index in [-0.39, 0.29) is 17.6 Å². The number of hydrogen-bond donors (Lipinski definition) is 2. The summed E-state index contributed by atoms with van der Waals surface area (Å²) < 4.78 is 58.5. The Labute approximate surface area is 224 Å². The summed E-state index contributed by atoms with van der Waals surface area (Å²) in [4.78, 5) is 29.1. The molecule has 13 heteroatoms. The summed E-state index contributed by atoms with van der Waals surface area (Å²) in [7, 11) is 0. The highest BCUT2D eigenvalue weighted by Crippen LogP contribution is 2.42. The standard InChI is InChI=1S/C26H22ClF4N5O3/c1-12-10-33-18(17-5-6-32-24(35-17)25(3,4)39)9-19(12)36-13(2)7-15(20(27)23(36)38)22(37)26(30,31)21-16(29)8-14(28)11-34-21/h5-11,22,37,39H,1-4H3. The molecular formula is C26H22ClF4N5O3. The Morgan fingerprint density at radius 3 is 2.36 bits per heavy atom. The van der Waals surface area contributed by atoms with Crippen LogP contribution in [-0.2, 0) is 11.5 Å². The minimum atomic E-state index is -4.35. The van der Waals surface area contributed by atoms with Crippen molar-refractivity contribution in [2.75, 3.05) is 0 Å². The number of pyridine rings is 3. The fourth-order valence-electron chi connectivity index (χ4n) is 3.91. The van der Waals surface area contributed by atoms with Gasteiger partial charge >= 0.3 is 5.92 Å². The van der Waals surface area contributed by atoms with Crippen molar-refractivity contribution < 1.29 is 27.8 Å². The molecule has 39 heavy (non-hydrogen) atoms. The van der Waals surface area contributed by atoms with Gasteiger partial charge in [0.15, 0.2) is 17.7 Å². The van der Waals surface area contributed by atoms with Gasteiger partial charge in [0, 0.05) is 29.7 Å². The van der Waals surface area contributed by atoms with Crippen LogP contribution >= 0.6 is 11.6 Å². The van der Waals surface area contributed by atoms with Crippen LogP contribution in [0.2, 0.25) is 5.02 Å². The number of alkyl halides is 2. The second-order valence-electron chi connectivity index (χ2n) is 9.39. The molecular weight excluding hydrogens is 542 g/mol. The third kappa shape index (κ3) is 5.27. The molecule has 4 heterocycles. The maximum atomic E-state index is 15.0. The van der Waals surface area contributed by atoms with Gasteiger partial charge in [-0.15, -0.1) is 0 Å². The second-order valence-corrected chi connectivity index (χ2v) is 9.76. The van der Waals surface area contributed by atoms with Crippen molar-refractivity contribution in [3.63, 3.8) is 0 Å². The van der Waals surface area contributed by atoms with E-state index in [4.69, 9.17) is 11.6 Å². The first kappa shape index (κ1) is 28.3. The zero-order chi connectivity index (χ0) is 28.9. The lowest BCUT2D eigenvalue weighted by Crippen LogP contribution is -2.30. The average Bonchev–Trinajstić information content (AvgIpc) is 2.86. The molecule has 0 bridgehead atoms. The van der Waals surface area contributed by atoms with Gasteiger partial charge in [-0.1, -0.05) is 11.6 Å². The number of halogens is 5. The minimum absolute atomic E-state index is 0.113. The average molecular weight is 564 g/mol. The molecule has 4 rings (SSSR count). The van der Waals surface area contributed by atoms with Crippen LogP contribution < -0.4 is 5.56 Å². The van der Waals surface area contributed by atoms with Crippen LogP contribution in [0.15, 0.2) is 47.7 Å². The van der Waals surface area contributed by atoms with Crippen LogP contribution in [0, 0.1) is 25.5 Å². The van der Waals surface area contributed by atoms with E-state index in [1.807, 2.05) is 0 Å². The number of nitrogens with zero attached hydrogens (tertiary/aromatic N) is 5. The maximum Gasteiger partial charge on any atom is 0.321 e. The molecule has 2 N–H and O–H groups in total. The highest BCUT2D eigenvalue weighted by Gasteiger charge is 2.46. The topological polar surface area (TPSA) is 114 Å². The van der Waals surface area contributed by atoms with Gasteiger partial charge in [-0.3, -0.25) is 14.3 Å². The van der Waals surface area contributed by atoms with Crippen molar-refractivity contribution in [2.45, 2.75) is 45.3 Å². The molecule has 0 amide bonds. The lowest BCUT2D eigenvalue weighted by atomic mass is 10.00. The molecule has 1 atom stereocenters. The van der Waals surface area contributed by atoms with Crippen LogP contribution in [0.4, 0.5) is 17.6 Å². The Balaban J connectivity index is 1.82. The molecule has 0 aromatic carbocycles. The summed E-state index contributed by atoms with van der Waals surface area (Å²) in [5, 5.41) is 20.0. The maximum absolute atomic E-state index is 15.0. The predicted octanol–water partition coefficient (Wildman–Crippen LogP) is 4.69. The van der Waals surface area contributed by atoms with E-state index in [1.165, 1.54) is 39.2 Å². The Morgan fingerprint density at radius 2 is 1.72 bits per heavy atom. The molecule has 8 nitrogen and oxygen atoms in total. The highest BCUT2D eigenvalue weighted by molar-refractivity contribution is 6.31. The molecule has 0 saturated heterocycles. The quantitative estimate of drug-likeness (QED) is 0.327. The van der Waals surface area contributed by atoms with Crippen LogP contribution in [-0.4, -0.2) is 34.7 Å². The summed E-state index contributed by atoms with van der Waals surface area (Å²) in [6.45, 7) is 6.13. The molecule has 0 saturated carbocycles. The zero-order valence-corrected chi connectivity index (χ0v) is 21.8. The first-order valence-corrected chi connectivity index (χ1v) is 11.8. The SMILES string of the molecule is Cc1cnc(-c2ccnc(C(C)(C)O)n2)cc1-n1c(C)cc(C(O)C(F)(F)c2ncc(F)cc2F)c(Cl)c1=O. The summed E-state index contributed by atoms with van der Waals surface area (Å²) in [6, 6.07) is 4.36. The van der Waals surface area contributed by atoms with Gasteiger partial charge in [-0.2, -0.15) is 8.78 Å². The monoisotopic (exact) mass is 563 g/mol. The zero-order valence-electron chi connectivity index (χ0n) is 21.0. The molecule has 0 spiro atoms. The van der Waals surface area contributed by atoms with Crippen LogP contribution in [0.1, 0.15) is 48.3 Å². The minimum Gasteiger partial charge on any atom is -0.382 e. The Bertz CT molecular complexity index is 1640. The van der Waals surface area contributed by atoms with Crippen LogP contribution in [0.5, 0.6) is 0 Å². The van der Waals surface area contributed by atoms with E-state index in [9.17, 15) is 23.8 Å². The number of aromatic nitrogens is 5. The van der Waals surface area contributed by atoms with Crippen molar-refractivity contribution in [1.82, 2.24) is 24.5 Å². The molecule has 4 aromatic rings. The van der Waals surface area contributed by atoms with Crippen molar-refractivity contribution >= 4 is 11.6 Å². The van der Waals surface area contributed by atoms with Crippen molar-refractivity contribution in [1.29, 1.82) is 0 Å². The smallest absolute Gasteiger partial charge is 0.321 e. The first-order valence-electron chi connectivity index (χ1n) is 11.5. The van der Waals surface area contributed by atoms with E-state index in [2.05, 4.69) is 19.9 Å². The largest absolute Gasteiger partial charge is 0.382 e. The number of aliphatic hydroxyl groups excluding tert-OH is 1. The molecule has 1 unspecified atom stereocenters. The Hall–Kier alpha value is -3.74. The number of hydrogen-bond acceptors (Lipinski definition) is 7. The van der Waals surface area contributed by atoms with Gasteiger partial charge in [0.1, 0.15) is 22.1 Å². The molecule has 0 aliphatic carbocycles. The summed E-state index contributed by atoms with van der Waals surface area (Å²) in [5.41, 5.74) is -2.82. The lowest BCUT2D eigenvalue weighted by molar-refractivity contribution is -0.123. The van der Waals surface area contributed by atoms with Crippen molar-refractivity contribution in [2.24, 2.45) is 0 Å². The van der Waals surface area contributed by atoms with Gasteiger partial charge < -0.3 is 10.2 Å². The van der Waals surface area contributed by atoms with Gasteiger partial charge in [-0.25, -0.2) is 23.7 Å². The van der Waals surface area contributed by atoms with E-state index in [0.29, 0.717) is 28.8 Å². The van der Waals surface area contributed by atoms with E-state index >= 15 is 8.78 Å². The van der Waals surface area contributed by atoms with E-state index in [1.54, 1.807) is 13.0 Å². The molecule has 0 fully saturated rings. The number of aryl methyl sites for hydroxylation is 2. The molecule has 4 aromatic heterocycles. The third-order valence-corrected chi connectivity index (χ3v) is 6.28. The fourth-order valence-corrected chi connectivity index (χ4v) is 4.15. The first-order chi connectivity index (χ1) is 18.1. The van der Waals surface area contributed by atoms with E-state index in [0.717, 1.165) is 10.6 Å². The van der Waals surface area contributed by atoms with Gasteiger partial charge in [-0.05, 0) is 51.5 Å². The number of aliphatic hydroxyl groups is 2. The lowest BCUT2D eigenvalue weighted by Gasteiger charge is -2.24. The fraction of sp³-hybridized carbons (Fsp3) is 0.269. The van der Waals surface area contributed by atoms with E-state index < -0.39 is 51.1 Å². The normalized spacial score (nSPS) is 13.0.